The Morgan fingerprint density at radius 2 is 2.00 bits per heavy atom. The Morgan fingerprint density at radius 1 is 1.38 bits per heavy atom. The maximum atomic E-state index is 6.04. The predicted octanol–water partition coefficient (Wildman–Crippen LogP) is 1.26. The molecular weight excluding hydrogens is 188 g/mol. The van der Waals surface area contributed by atoms with Crippen molar-refractivity contribution in [2.45, 2.75) is 12.8 Å². The Labute approximate surface area is 82.3 Å². The first-order valence-electron chi connectivity index (χ1n) is 4.43. The van der Waals surface area contributed by atoms with Crippen LogP contribution in [0.1, 0.15) is 12.8 Å². The van der Waals surface area contributed by atoms with Crippen molar-refractivity contribution in [3.05, 3.63) is 5.02 Å². The molecule has 0 aliphatic carbocycles. The first kappa shape index (κ1) is 8.69. The number of anilines is 2. The van der Waals surface area contributed by atoms with Crippen LogP contribution in [0.25, 0.3) is 0 Å². The first-order chi connectivity index (χ1) is 6.20. The van der Waals surface area contributed by atoms with Crippen LogP contribution in [0.4, 0.5) is 11.6 Å². The van der Waals surface area contributed by atoms with Crippen LogP contribution in [-0.4, -0.2) is 22.9 Å². The predicted molar refractivity (Wildman–Crippen MR) is 54.1 cm³/mol. The minimum absolute atomic E-state index is 0.545. The number of nitrogens with two attached hydrogens (primary N) is 1. The monoisotopic (exact) mass is 200 g/mol. The molecule has 0 atom stereocenters. The van der Waals surface area contributed by atoms with Crippen LogP contribution in [0.2, 0.25) is 5.02 Å². The van der Waals surface area contributed by atoms with E-state index in [1.54, 1.807) is 11.7 Å². The number of hydrogen-bond donors (Lipinski definition) is 1. The lowest BCUT2D eigenvalue weighted by Gasteiger charge is -2.13. The van der Waals surface area contributed by atoms with Gasteiger partial charge in [-0.2, -0.15) is 5.10 Å². The van der Waals surface area contributed by atoms with Crippen molar-refractivity contribution in [1.29, 1.82) is 0 Å². The third-order valence-electron chi connectivity index (χ3n) is 2.42. The minimum atomic E-state index is 0.545. The Bertz CT molecular complexity index is 314. The molecule has 1 saturated heterocycles. The smallest absolute Gasteiger partial charge is 0.171 e. The summed E-state index contributed by atoms with van der Waals surface area (Å²) in [5.41, 5.74) is 5.71. The van der Waals surface area contributed by atoms with E-state index in [0.29, 0.717) is 10.8 Å². The van der Waals surface area contributed by atoms with Crippen molar-refractivity contribution in [3.8, 4) is 0 Å². The van der Waals surface area contributed by atoms with E-state index >= 15 is 0 Å². The van der Waals surface area contributed by atoms with E-state index in [4.69, 9.17) is 17.3 Å². The highest BCUT2D eigenvalue weighted by Gasteiger charge is 2.20. The van der Waals surface area contributed by atoms with Gasteiger partial charge in [-0.15, -0.1) is 0 Å². The molecule has 2 rings (SSSR count). The van der Waals surface area contributed by atoms with Crippen molar-refractivity contribution >= 4 is 23.2 Å². The van der Waals surface area contributed by atoms with Crippen LogP contribution in [0.5, 0.6) is 0 Å². The Balaban J connectivity index is 2.34. The average Bonchev–Trinajstić information content (AvgIpc) is 2.70. The van der Waals surface area contributed by atoms with Crippen LogP contribution in [0.3, 0.4) is 0 Å². The number of nitrogens with zero attached hydrogens (tertiary/aromatic N) is 3. The lowest BCUT2D eigenvalue weighted by molar-refractivity contribution is 0.764. The SMILES string of the molecule is Cn1nc(N2CCCC2)c(Cl)c1N. The van der Waals surface area contributed by atoms with Crippen LogP contribution >= 0.6 is 11.6 Å². The Kier molecular flexibility index (Phi) is 2.07. The second kappa shape index (κ2) is 3.10. The van der Waals surface area contributed by atoms with Gasteiger partial charge < -0.3 is 10.6 Å². The zero-order chi connectivity index (χ0) is 9.42. The van der Waals surface area contributed by atoms with Gasteiger partial charge in [0.2, 0.25) is 0 Å². The summed E-state index contributed by atoms with van der Waals surface area (Å²) < 4.78 is 1.62. The normalized spacial score (nSPS) is 16.9. The standard InChI is InChI=1S/C8H13ClN4/c1-12-7(10)6(9)8(11-12)13-4-2-3-5-13/h2-5,10H2,1H3. The van der Waals surface area contributed by atoms with E-state index in [-0.39, 0.29) is 0 Å². The molecule has 5 heteroatoms. The van der Waals surface area contributed by atoms with Gasteiger partial charge in [0.15, 0.2) is 5.82 Å². The second-order valence-electron chi connectivity index (χ2n) is 3.34. The average molecular weight is 201 g/mol. The molecule has 2 N–H and O–H groups in total. The summed E-state index contributed by atoms with van der Waals surface area (Å²) in [5, 5.41) is 4.86. The molecular formula is C8H13ClN4. The van der Waals surface area contributed by atoms with Gasteiger partial charge in [0.1, 0.15) is 10.8 Å². The van der Waals surface area contributed by atoms with Crippen molar-refractivity contribution in [2.75, 3.05) is 23.7 Å². The Morgan fingerprint density at radius 3 is 2.46 bits per heavy atom. The maximum absolute atomic E-state index is 6.04. The van der Waals surface area contributed by atoms with E-state index < -0.39 is 0 Å². The fraction of sp³-hybridized carbons (Fsp3) is 0.625. The summed E-state index contributed by atoms with van der Waals surface area (Å²) in [4.78, 5) is 2.18. The molecule has 1 aromatic heterocycles. The van der Waals surface area contributed by atoms with Gasteiger partial charge >= 0.3 is 0 Å². The van der Waals surface area contributed by atoms with Crippen LogP contribution in [-0.2, 0) is 7.05 Å². The van der Waals surface area contributed by atoms with E-state index in [1.807, 2.05) is 0 Å². The van der Waals surface area contributed by atoms with Gasteiger partial charge in [0, 0.05) is 20.1 Å². The fourth-order valence-corrected chi connectivity index (χ4v) is 1.91. The van der Waals surface area contributed by atoms with Crippen molar-refractivity contribution in [3.63, 3.8) is 0 Å². The third kappa shape index (κ3) is 1.35. The molecule has 1 fully saturated rings. The number of rotatable bonds is 1. The van der Waals surface area contributed by atoms with Gasteiger partial charge in [-0.25, -0.2) is 4.68 Å². The molecule has 1 aliphatic heterocycles. The molecule has 0 saturated carbocycles. The topological polar surface area (TPSA) is 47.1 Å². The van der Waals surface area contributed by atoms with Crippen molar-refractivity contribution in [1.82, 2.24) is 9.78 Å². The van der Waals surface area contributed by atoms with Crippen molar-refractivity contribution in [2.24, 2.45) is 7.05 Å². The zero-order valence-corrected chi connectivity index (χ0v) is 8.38. The van der Waals surface area contributed by atoms with Crippen molar-refractivity contribution < 1.29 is 0 Å². The van der Waals surface area contributed by atoms with Crippen LogP contribution < -0.4 is 10.6 Å². The summed E-state index contributed by atoms with van der Waals surface area (Å²) in [6.07, 6.45) is 2.43. The number of hydrogen-bond acceptors (Lipinski definition) is 3. The van der Waals surface area contributed by atoms with E-state index in [2.05, 4.69) is 10.00 Å². The highest BCUT2D eigenvalue weighted by atomic mass is 35.5. The summed E-state index contributed by atoms with van der Waals surface area (Å²) in [5.74, 6) is 1.38. The maximum Gasteiger partial charge on any atom is 0.171 e. The molecule has 0 aromatic carbocycles. The summed E-state index contributed by atoms with van der Waals surface area (Å²) in [6.45, 7) is 2.08. The van der Waals surface area contributed by atoms with E-state index in [0.717, 1.165) is 18.9 Å². The van der Waals surface area contributed by atoms with Gasteiger partial charge in [-0.3, -0.25) is 0 Å². The van der Waals surface area contributed by atoms with E-state index in [9.17, 15) is 0 Å². The number of halogens is 1. The van der Waals surface area contributed by atoms with Crippen LogP contribution in [0, 0.1) is 0 Å². The summed E-state index contributed by atoms with van der Waals surface area (Å²) in [7, 11) is 1.81. The summed E-state index contributed by atoms with van der Waals surface area (Å²) in [6, 6.07) is 0. The third-order valence-corrected chi connectivity index (χ3v) is 2.78. The number of aryl methyl sites for hydroxylation is 1. The van der Waals surface area contributed by atoms with E-state index in [1.165, 1.54) is 12.8 Å². The number of aromatic nitrogens is 2. The molecule has 0 spiro atoms. The van der Waals surface area contributed by atoms with Crippen LogP contribution in [0.15, 0.2) is 0 Å². The largest absolute Gasteiger partial charge is 0.383 e. The lowest BCUT2D eigenvalue weighted by atomic mass is 10.4. The highest BCUT2D eigenvalue weighted by Crippen LogP contribution is 2.31. The quantitative estimate of drug-likeness (QED) is 0.743. The molecule has 72 valence electrons. The van der Waals surface area contributed by atoms with Gasteiger partial charge in [-0.1, -0.05) is 11.6 Å². The molecule has 1 aromatic rings. The second-order valence-corrected chi connectivity index (χ2v) is 3.72. The molecule has 1 aliphatic rings. The molecule has 0 bridgehead atoms. The fourth-order valence-electron chi connectivity index (χ4n) is 1.63. The molecule has 2 heterocycles. The molecule has 4 nitrogen and oxygen atoms in total. The minimum Gasteiger partial charge on any atom is -0.383 e. The lowest BCUT2D eigenvalue weighted by Crippen LogP contribution is -2.18. The Hall–Kier alpha value is -0.900. The van der Waals surface area contributed by atoms with Gasteiger partial charge in [0.25, 0.3) is 0 Å². The molecule has 0 radical (unpaired) electrons. The molecule has 0 unspecified atom stereocenters. The molecule has 0 amide bonds. The summed E-state index contributed by atoms with van der Waals surface area (Å²) >= 11 is 6.04. The number of nitrogen functional groups attached to an aromatic ring is 1. The molecule has 13 heavy (non-hydrogen) atoms. The van der Waals surface area contributed by atoms with Gasteiger partial charge in [-0.05, 0) is 12.8 Å². The first-order valence-corrected chi connectivity index (χ1v) is 4.81. The van der Waals surface area contributed by atoms with Gasteiger partial charge in [0.05, 0.1) is 0 Å². The zero-order valence-electron chi connectivity index (χ0n) is 7.63. The highest BCUT2D eigenvalue weighted by molar-refractivity contribution is 6.35.